The molecule has 1 aliphatic carbocycles. The summed E-state index contributed by atoms with van der Waals surface area (Å²) >= 11 is 5.86. The number of ether oxygens (including phenoxy) is 1. The van der Waals surface area contributed by atoms with E-state index in [4.69, 9.17) is 22.1 Å². The van der Waals surface area contributed by atoms with Gasteiger partial charge in [0.2, 0.25) is 5.91 Å². The number of carbonyl (C=O) groups excluding carboxylic acids is 1. The van der Waals surface area contributed by atoms with Gasteiger partial charge in [-0.05, 0) is 41.8 Å². The van der Waals surface area contributed by atoms with Gasteiger partial charge in [-0.3, -0.25) is 4.79 Å². The Morgan fingerprint density at radius 2 is 1.83 bits per heavy atom. The number of benzene rings is 2. The van der Waals surface area contributed by atoms with E-state index in [0.29, 0.717) is 18.6 Å². The first-order valence-corrected chi connectivity index (χ1v) is 7.98. The van der Waals surface area contributed by atoms with Crippen LogP contribution in [0.4, 0.5) is 0 Å². The van der Waals surface area contributed by atoms with E-state index >= 15 is 0 Å². The van der Waals surface area contributed by atoms with Crippen LogP contribution >= 0.6 is 24.0 Å². The minimum absolute atomic E-state index is 0. The highest BCUT2D eigenvalue weighted by Crippen LogP contribution is 2.41. The van der Waals surface area contributed by atoms with E-state index in [1.165, 1.54) is 5.56 Å². The molecular formula is C18H20Cl2N2O2. The molecule has 1 amide bonds. The van der Waals surface area contributed by atoms with Crippen molar-refractivity contribution in [2.24, 2.45) is 5.73 Å². The van der Waals surface area contributed by atoms with Gasteiger partial charge in [-0.25, -0.2) is 0 Å². The molecule has 1 unspecified atom stereocenters. The number of nitrogens with one attached hydrogen (secondary N) is 1. The summed E-state index contributed by atoms with van der Waals surface area (Å²) in [6.07, 6.45) is 1.04. The molecule has 0 heterocycles. The number of amides is 1. The van der Waals surface area contributed by atoms with Gasteiger partial charge in [-0.2, -0.15) is 0 Å². The summed E-state index contributed by atoms with van der Waals surface area (Å²) in [7, 11) is 0. The maximum absolute atomic E-state index is 10.8. The molecule has 2 aromatic carbocycles. The molecule has 3 rings (SSSR count). The van der Waals surface area contributed by atoms with Gasteiger partial charge in [0.15, 0.2) is 0 Å². The predicted octanol–water partition coefficient (Wildman–Crippen LogP) is 3.27. The monoisotopic (exact) mass is 366 g/mol. The molecule has 4 nitrogen and oxygen atoms in total. The van der Waals surface area contributed by atoms with Crippen LogP contribution in [-0.4, -0.2) is 18.5 Å². The van der Waals surface area contributed by atoms with Crippen molar-refractivity contribution < 1.29 is 9.53 Å². The second-order valence-corrected chi connectivity index (χ2v) is 6.22. The highest BCUT2D eigenvalue weighted by molar-refractivity contribution is 6.30. The zero-order valence-corrected chi connectivity index (χ0v) is 14.6. The van der Waals surface area contributed by atoms with Crippen LogP contribution in [0.2, 0.25) is 5.02 Å². The summed E-state index contributed by atoms with van der Waals surface area (Å²) in [6.45, 7) is 0.756. The Bertz CT molecular complexity index is 674. The summed E-state index contributed by atoms with van der Waals surface area (Å²) in [5.41, 5.74) is 7.47. The van der Waals surface area contributed by atoms with Gasteiger partial charge in [-0.15, -0.1) is 12.4 Å². The predicted molar refractivity (Wildman–Crippen MR) is 97.8 cm³/mol. The van der Waals surface area contributed by atoms with Gasteiger partial charge in [0.05, 0.1) is 6.54 Å². The molecule has 1 fully saturated rings. The summed E-state index contributed by atoms with van der Waals surface area (Å²) in [4.78, 5) is 10.8. The lowest BCUT2D eigenvalue weighted by molar-refractivity contribution is -0.117. The molecule has 0 aromatic heterocycles. The Hall–Kier alpha value is -1.75. The highest BCUT2D eigenvalue weighted by Gasteiger charge is 2.37. The molecule has 24 heavy (non-hydrogen) atoms. The van der Waals surface area contributed by atoms with Gasteiger partial charge in [0.1, 0.15) is 12.4 Å². The Labute approximate surface area is 152 Å². The lowest BCUT2D eigenvalue weighted by Gasteiger charge is -2.08. The summed E-state index contributed by atoms with van der Waals surface area (Å²) in [6, 6.07) is 16.1. The van der Waals surface area contributed by atoms with Crippen LogP contribution in [0.1, 0.15) is 23.5 Å². The topological polar surface area (TPSA) is 64.4 Å². The first-order valence-electron chi connectivity index (χ1n) is 7.61. The van der Waals surface area contributed by atoms with Gasteiger partial charge < -0.3 is 15.8 Å². The molecule has 0 radical (unpaired) electrons. The Morgan fingerprint density at radius 1 is 1.17 bits per heavy atom. The van der Waals surface area contributed by atoms with E-state index in [1.54, 1.807) is 0 Å². The van der Waals surface area contributed by atoms with Crippen LogP contribution in [0.25, 0.3) is 0 Å². The van der Waals surface area contributed by atoms with E-state index in [9.17, 15) is 4.79 Å². The molecule has 1 saturated carbocycles. The van der Waals surface area contributed by atoms with E-state index in [0.717, 1.165) is 22.8 Å². The fourth-order valence-corrected chi connectivity index (χ4v) is 2.71. The maximum atomic E-state index is 10.8. The van der Waals surface area contributed by atoms with Crippen LogP contribution in [0.15, 0.2) is 48.5 Å². The standard InChI is InChI=1S/C18H19ClN2O2.ClH/c19-14-5-1-12(2-6-14)11-23-15-7-3-13(4-8-15)16-9-17(16)21-10-18(20)22;/h1-8,16-17,21H,9-11H2,(H2,20,22);1H/t16?,17-;/m0./s1. The fourth-order valence-electron chi connectivity index (χ4n) is 2.58. The highest BCUT2D eigenvalue weighted by atomic mass is 35.5. The summed E-state index contributed by atoms with van der Waals surface area (Å²) in [5.74, 6) is 0.979. The van der Waals surface area contributed by atoms with Crippen LogP contribution in [0.5, 0.6) is 5.75 Å². The van der Waals surface area contributed by atoms with Gasteiger partial charge in [-0.1, -0.05) is 35.9 Å². The van der Waals surface area contributed by atoms with Crippen LogP contribution in [0.3, 0.4) is 0 Å². The van der Waals surface area contributed by atoms with Crippen molar-refractivity contribution in [2.75, 3.05) is 6.54 Å². The van der Waals surface area contributed by atoms with Crippen molar-refractivity contribution in [3.63, 3.8) is 0 Å². The number of rotatable bonds is 7. The molecule has 128 valence electrons. The van der Waals surface area contributed by atoms with Gasteiger partial charge >= 0.3 is 0 Å². The summed E-state index contributed by atoms with van der Waals surface area (Å²) in [5, 5.41) is 3.88. The molecule has 1 aliphatic rings. The number of carbonyl (C=O) groups is 1. The SMILES string of the molecule is Cl.NC(=O)CN[C@H]1CC1c1ccc(OCc2ccc(Cl)cc2)cc1. The van der Waals surface area contributed by atoms with E-state index in [1.807, 2.05) is 36.4 Å². The van der Waals surface area contributed by atoms with Crippen LogP contribution in [-0.2, 0) is 11.4 Å². The van der Waals surface area contributed by atoms with Crippen LogP contribution in [0, 0.1) is 0 Å². The molecule has 0 spiro atoms. The lowest BCUT2D eigenvalue weighted by atomic mass is 10.1. The Morgan fingerprint density at radius 3 is 2.46 bits per heavy atom. The van der Waals surface area contributed by atoms with E-state index < -0.39 is 0 Å². The molecule has 0 aliphatic heterocycles. The van der Waals surface area contributed by atoms with Gasteiger partial charge in [0.25, 0.3) is 0 Å². The van der Waals surface area contributed by atoms with Gasteiger partial charge in [0, 0.05) is 17.0 Å². The van der Waals surface area contributed by atoms with Crippen molar-refractivity contribution in [1.29, 1.82) is 0 Å². The van der Waals surface area contributed by atoms with Crippen molar-refractivity contribution in [3.05, 3.63) is 64.7 Å². The second-order valence-electron chi connectivity index (χ2n) is 5.78. The maximum Gasteiger partial charge on any atom is 0.231 e. The first kappa shape index (κ1) is 18.6. The molecule has 2 aromatic rings. The minimum atomic E-state index is -0.318. The third kappa shape index (κ3) is 5.13. The van der Waals surface area contributed by atoms with Crippen molar-refractivity contribution >= 4 is 29.9 Å². The fraction of sp³-hybridized carbons (Fsp3) is 0.278. The van der Waals surface area contributed by atoms with Crippen molar-refractivity contribution in [2.45, 2.75) is 25.0 Å². The molecule has 0 saturated heterocycles. The zero-order chi connectivity index (χ0) is 16.2. The summed E-state index contributed by atoms with van der Waals surface area (Å²) < 4.78 is 5.77. The number of nitrogens with two attached hydrogens (primary N) is 1. The average molecular weight is 367 g/mol. The Kier molecular flexibility index (Phi) is 6.49. The number of hydrogen-bond acceptors (Lipinski definition) is 3. The Balaban J connectivity index is 0.00000208. The third-order valence-corrected chi connectivity index (χ3v) is 4.21. The minimum Gasteiger partial charge on any atom is -0.489 e. The lowest BCUT2D eigenvalue weighted by Crippen LogP contribution is -2.30. The smallest absolute Gasteiger partial charge is 0.231 e. The van der Waals surface area contributed by atoms with Crippen molar-refractivity contribution in [3.8, 4) is 5.75 Å². The number of primary amides is 1. The van der Waals surface area contributed by atoms with E-state index in [-0.39, 0.29) is 24.9 Å². The first-order chi connectivity index (χ1) is 11.1. The quantitative estimate of drug-likeness (QED) is 0.790. The van der Waals surface area contributed by atoms with E-state index in [2.05, 4.69) is 17.4 Å². The molecule has 3 N–H and O–H groups in total. The third-order valence-electron chi connectivity index (χ3n) is 3.96. The molecular weight excluding hydrogens is 347 g/mol. The van der Waals surface area contributed by atoms with Crippen LogP contribution < -0.4 is 15.8 Å². The zero-order valence-electron chi connectivity index (χ0n) is 13.1. The average Bonchev–Trinajstić information content (AvgIpc) is 3.33. The largest absolute Gasteiger partial charge is 0.489 e. The van der Waals surface area contributed by atoms with Crippen molar-refractivity contribution in [1.82, 2.24) is 5.32 Å². The second kappa shape index (κ2) is 8.38. The molecule has 6 heteroatoms. The number of hydrogen-bond donors (Lipinski definition) is 2. The molecule has 0 bridgehead atoms. The number of halogens is 2. The normalized spacial score (nSPS) is 18.5. The molecule has 2 atom stereocenters.